The van der Waals surface area contributed by atoms with Crippen molar-refractivity contribution in [1.82, 2.24) is 19.6 Å². The van der Waals surface area contributed by atoms with Gasteiger partial charge in [-0.15, -0.1) is 0 Å². The van der Waals surface area contributed by atoms with Gasteiger partial charge in [-0.3, -0.25) is 9.69 Å². The molecule has 0 bridgehead atoms. The monoisotopic (exact) mass is 590 g/mol. The molecular formula is C27H50N4O2S4. The van der Waals surface area contributed by atoms with Crippen molar-refractivity contribution in [2.45, 2.75) is 67.2 Å². The standard InChI is InChI=1S/C27H50N4O2S4/c1-8-28(7)20-23(34)30(22-32)14-10-26(3,4)12-16-36-18-19-37-17-13-27(5,6)11-15-31-24(35)21-29(9-2)25(31)33/h22H,8-21H2,1-7H3. The van der Waals surface area contributed by atoms with Crippen molar-refractivity contribution in [3.8, 4) is 0 Å². The van der Waals surface area contributed by atoms with E-state index < -0.39 is 0 Å². The first-order valence-corrected chi connectivity index (χ1v) is 16.7. The summed E-state index contributed by atoms with van der Waals surface area (Å²) in [6.45, 7) is 17.6. The highest BCUT2D eigenvalue weighted by atomic mass is 32.2. The number of urea groups is 1. The molecular weight excluding hydrogens is 541 g/mol. The molecule has 0 aromatic carbocycles. The van der Waals surface area contributed by atoms with Gasteiger partial charge in [0, 0.05) is 37.7 Å². The van der Waals surface area contributed by atoms with E-state index in [1.54, 1.807) is 9.80 Å². The first kappa shape index (κ1) is 34.6. The quantitative estimate of drug-likeness (QED) is 0.0996. The van der Waals surface area contributed by atoms with Gasteiger partial charge in [-0.05, 0) is 68.5 Å². The predicted molar refractivity (Wildman–Crippen MR) is 171 cm³/mol. The van der Waals surface area contributed by atoms with Crippen molar-refractivity contribution in [2.75, 3.05) is 69.3 Å². The van der Waals surface area contributed by atoms with E-state index in [1.165, 1.54) is 11.5 Å². The summed E-state index contributed by atoms with van der Waals surface area (Å²) in [6.07, 6.45) is 5.09. The first-order valence-electron chi connectivity index (χ1n) is 13.5. The molecule has 1 rings (SSSR count). The Balaban J connectivity index is 2.18. The number of thiocarbonyl (C=S) groups is 2. The Morgan fingerprint density at radius 3 is 2.05 bits per heavy atom. The number of carbonyl (C=O) groups excluding carboxylic acids is 2. The lowest BCUT2D eigenvalue weighted by Crippen LogP contribution is -2.38. The summed E-state index contributed by atoms with van der Waals surface area (Å²) in [6, 6.07) is 0.0715. The van der Waals surface area contributed by atoms with Crippen LogP contribution in [0.2, 0.25) is 0 Å². The number of carbonyl (C=O) groups is 2. The number of rotatable bonds is 20. The molecule has 1 saturated heterocycles. The van der Waals surface area contributed by atoms with E-state index in [2.05, 4.69) is 39.5 Å². The number of hydrogen-bond acceptors (Lipinski definition) is 7. The molecule has 0 saturated carbocycles. The second kappa shape index (κ2) is 17.3. The summed E-state index contributed by atoms with van der Waals surface area (Å²) in [4.78, 5) is 32.8. The smallest absolute Gasteiger partial charge is 0.318 e. The average molecular weight is 591 g/mol. The van der Waals surface area contributed by atoms with Gasteiger partial charge in [0.05, 0.1) is 11.5 Å². The van der Waals surface area contributed by atoms with Crippen LogP contribution in [0.3, 0.4) is 0 Å². The van der Waals surface area contributed by atoms with E-state index in [4.69, 9.17) is 24.4 Å². The third-order valence-corrected chi connectivity index (χ3v) is 10.1. The molecule has 1 aliphatic heterocycles. The minimum atomic E-state index is 0.0715. The zero-order valence-corrected chi connectivity index (χ0v) is 27.5. The van der Waals surface area contributed by atoms with Crippen LogP contribution in [0.15, 0.2) is 0 Å². The molecule has 0 aliphatic carbocycles. The fourth-order valence-electron chi connectivity index (χ4n) is 3.84. The molecule has 0 aromatic rings. The van der Waals surface area contributed by atoms with Gasteiger partial charge < -0.3 is 14.7 Å². The van der Waals surface area contributed by atoms with E-state index in [-0.39, 0.29) is 16.9 Å². The predicted octanol–water partition coefficient (Wildman–Crippen LogP) is 5.89. The van der Waals surface area contributed by atoms with E-state index in [0.29, 0.717) is 24.6 Å². The van der Waals surface area contributed by atoms with Crippen molar-refractivity contribution in [3.05, 3.63) is 0 Å². The molecule has 0 spiro atoms. The number of likely N-dealkylation sites (N-methyl/N-ethyl adjacent to an activating group) is 2. The minimum absolute atomic E-state index is 0.0715. The molecule has 214 valence electrons. The molecule has 1 aliphatic rings. The summed E-state index contributed by atoms with van der Waals surface area (Å²) in [5, 5.41) is 0. The maximum Gasteiger partial charge on any atom is 0.325 e. The zero-order valence-electron chi connectivity index (χ0n) is 24.2. The Kier molecular flexibility index (Phi) is 16.2. The molecule has 0 radical (unpaired) electrons. The van der Waals surface area contributed by atoms with Crippen LogP contribution in [0, 0.1) is 10.8 Å². The molecule has 0 aromatic heterocycles. The van der Waals surface area contributed by atoms with Crippen molar-refractivity contribution < 1.29 is 9.59 Å². The Bertz CT molecular complexity index is 748. The molecule has 0 atom stereocenters. The van der Waals surface area contributed by atoms with Gasteiger partial charge in [0.2, 0.25) is 6.41 Å². The lowest BCUT2D eigenvalue weighted by atomic mass is 9.86. The van der Waals surface area contributed by atoms with E-state index >= 15 is 0 Å². The van der Waals surface area contributed by atoms with Gasteiger partial charge in [-0.1, -0.05) is 59.1 Å². The van der Waals surface area contributed by atoms with Gasteiger partial charge in [-0.25, -0.2) is 4.79 Å². The average Bonchev–Trinajstić information content (AvgIpc) is 3.11. The van der Waals surface area contributed by atoms with Crippen LogP contribution in [-0.2, 0) is 4.79 Å². The van der Waals surface area contributed by atoms with Crippen LogP contribution in [0.4, 0.5) is 4.79 Å². The second-order valence-corrected chi connectivity index (χ2v) is 14.8. The summed E-state index contributed by atoms with van der Waals surface area (Å²) < 4.78 is 0. The van der Waals surface area contributed by atoms with Crippen LogP contribution in [0.25, 0.3) is 0 Å². The maximum absolute atomic E-state index is 12.4. The van der Waals surface area contributed by atoms with Crippen molar-refractivity contribution in [3.63, 3.8) is 0 Å². The van der Waals surface area contributed by atoms with Gasteiger partial charge in [-0.2, -0.15) is 23.5 Å². The van der Waals surface area contributed by atoms with E-state index in [9.17, 15) is 9.59 Å². The zero-order chi connectivity index (χ0) is 28.1. The fourth-order valence-corrected chi connectivity index (χ4v) is 7.26. The lowest BCUT2D eigenvalue weighted by molar-refractivity contribution is -0.115. The van der Waals surface area contributed by atoms with Crippen LogP contribution in [-0.4, -0.2) is 111 Å². The third kappa shape index (κ3) is 13.5. The maximum atomic E-state index is 12.4. The first-order chi connectivity index (χ1) is 17.4. The van der Waals surface area contributed by atoms with Crippen LogP contribution in [0.1, 0.15) is 67.2 Å². The molecule has 10 heteroatoms. The highest BCUT2D eigenvalue weighted by molar-refractivity contribution is 8.02. The number of nitrogens with zero attached hydrogens (tertiary/aromatic N) is 4. The lowest BCUT2D eigenvalue weighted by Gasteiger charge is -2.29. The van der Waals surface area contributed by atoms with Crippen molar-refractivity contribution >= 4 is 70.4 Å². The summed E-state index contributed by atoms with van der Waals surface area (Å²) >= 11 is 14.9. The fraction of sp³-hybridized carbons (Fsp3) is 0.852. The van der Waals surface area contributed by atoms with Crippen molar-refractivity contribution in [1.29, 1.82) is 0 Å². The van der Waals surface area contributed by atoms with E-state index in [1.807, 2.05) is 42.4 Å². The topological polar surface area (TPSA) is 47.1 Å². The van der Waals surface area contributed by atoms with Crippen LogP contribution >= 0.6 is 48.0 Å². The highest BCUT2D eigenvalue weighted by Crippen LogP contribution is 2.30. The Morgan fingerprint density at radius 1 is 1.00 bits per heavy atom. The van der Waals surface area contributed by atoms with Crippen molar-refractivity contribution in [2.24, 2.45) is 10.8 Å². The van der Waals surface area contributed by atoms with Gasteiger partial charge >= 0.3 is 6.03 Å². The second-order valence-electron chi connectivity index (χ2n) is 11.4. The van der Waals surface area contributed by atoms with Gasteiger partial charge in [0.1, 0.15) is 4.99 Å². The Labute approximate surface area is 246 Å². The SMILES string of the molecule is CCN(C)CC(=S)N(C=O)CCC(C)(C)CCSCCSCCC(C)(C)CCN1C(=O)N(CC)CC1=S. The summed E-state index contributed by atoms with van der Waals surface area (Å²) in [5.74, 6) is 4.62. The highest BCUT2D eigenvalue weighted by Gasteiger charge is 2.33. The largest absolute Gasteiger partial charge is 0.325 e. The minimum Gasteiger partial charge on any atom is -0.318 e. The molecule has 0 unspecified atom stereocenters. The summed E-state index contributed by atoms with van der Waals surface area (Å²) in [5.41, 5.74) is 0.383. The number of amides is 3. The molecule has 0 N–H and O–H groups in total. The van der Waals surface area contributed by atoms with Gasteiger partial charge in [0.25, 0.3) is 0 Å². The molecule has 3 amide bonds. The Hall–Kier alpha value is -0.420. The number of thioether (sulfide) groups is 2. The molecule has 1 heterocycles. The van der Waals surface area contributed by atoms with Crippen LogP contribution < -0.4 is 0 Å². The summed E-state index contributed by atoms with van der Waals surface area (Å²) in [7, 11) is 2.02. The van der Waals surface area contributed by atoms with Gasteiger partial charge in [0.15, 0.2) is 0 Å². The number of hydrogen-bond donors (Lipinski definition) is 0. The molecule has 1 fully saturated rings. The third-order valence-electron chi connectivity index (χ3n) is 7.16. The van der Waals surface area contributed by atoms with Crippen LogP contribution in [0.5, 0.6) is 0 Å². The normalized spacial score (nSPS) is 14.7. The van der Waals surface area contributed by atoms with E-state index in [0.717, 1.165) is 68.2 Å². The molecule has 6 nitrogen and oxygen atoms in total. The molecule has 37 heavy (non-hydrogen) atoms. The Morgan fingerprint density at radius 2 is 1.57 bits per heavy atom.